The number of aromatic nitrogens is 1. The number of ether oxygens (including phenoxy) is 1. The van der Waals surface area contributed by atoms with Gasteiger partial charge in [-0.15, -0.1) is 0 Å². The van der Waals surface area contributed by atoms with Crippen molar-refractivity contribution in [3.63, 3.8) is 0 Å². The van der Waals surface area contributed by atoms with Crippen molar-refractivity contribution in [1.29, 1.82) is 0 Å². The van der Waals surface area contributed by atoms with Crippen LogP contribution in [0.3, 0.4) is 0 Å². The second-order valence-corrected chi connectivity index (χ2v) is 8.07. The number of carbonyl (C=O) groups excluding carboxylic acids is 2. The van der Waals surface area contributed by atoms with Crippen molar-refractivity contribution in [1.82, 2.24) is 4.98 Å². The molecule has 0 radical (unpaired) electrons. The van der Waals surface area contributed by atoms with Gasteiger partial charge in [0, 0.05) is 11.9 Å². The third-order valence-electron chi connectivity index (χ3n) is 3.10. The van der Waals surface area contributed by atoms with Crippen molar-refractivity contribution >= 4 is 56.6 Å². The Bertz CT molecular complexity index is 982. The van der Waals surface area contributed by atoms with Crippen molar-refractivity contribution in [2.75, 3.05) is 16.3 Å². The number of halogens is 2. The van der Waals surface area contributed by atoms with Crippen LogP contribution in [0.2, 0.25) is 10.0 Å². The molecule has 1 aromatic heterocycles. The fourth-order valence-electron chi connectivity index (χ4n) is 1.93. The highest BCUT2D eigenvalue weighted by atomic mass is 35.5. The molecule has 0 aliphatic heterocycles. The Morgan fingerprint density at radius 3 is 2.56 bits per heavy atom. The molecule has 1 amide bonds. The molecule has 8 nitrogen and oxygen atoms in total. The van der Waals surface area contributed by atoms with E-state index in [1.165, 1.54) is 43.5 Å². The van der Waals surface area contributed by atoms with Gasteiger partial charge in [0.2, 0.25) is 10.0 Å². The summed E-state index contributed by atoms with van der Waals surface area (Å²) >= 11 is 11.7. The average Bonchev–Trinajstić information content (AvgIpc) is 2.55. The number of pyridine rings is 1. The Balaban J connectivity index is 2.04. The van der Waals surface area contributed by atoms with E-state index in [-0.39, 0.29) is 22.1 Å². The number of sulfonamides is 1. The van der Waals surface area contributed by atoms with Gasteiger partial charge in [0.05, 0.1) is 21.9 Å². The zero-order valence-electron chi connectivity index (χ0n) is 14.2. The van der Waals surface area contributed by atoms with Crippen LogP contribution in [0.4, 0.5) is 11.5 Å². The molecule has 0 spiro atoms. The van der Waals surface area contributed by atoms with E-state index >= 15 is 0 Å². The quantitative estimate of drug-likeness (QED) is 0.679. The highest BCUT2D eigenvalue weighted by Crippen LogP contribution is 2.22. The van der Waals surface area contributed by atoms with Gasteiger partial charge >= 0.3 is 5.97 Å². The van der Waals surface area contributed by atoms with Crippen molar-refractivity contribution in [3.8, 4) is 0 Å². The fraction of sp³-hybridized carbons (Fsp3) is 0.188. The molecule has 144 valence electrons. The van der Waals surface area contributed by atoms with Crippen LogP contribution in [0.15, 0.2) is 36.5 Å². The molecule has 0 saturated carbocycles. The minimum absolute atomic E-state index is 0.0750. The Labute approximate surface area is 165 Å². The van der Waals surface area contributed by atoms with Crippen molar-refractivity contribution in [2.45, 2.75) is 13.0 Å². The van der Waals surface area contributed by atoms with Gasteiger partial charge in [0.15, 0.2) is 11.9 Å². The second-order valence-electron chi connectivity index (χ2n) is 5.48. The van der Waals surface area contributed by atoms with Crippen LogP contribution in [0.5, 0.6) is 0 Å². The highest BCUT2D eigenvalue weighted by molar-refractivity contribution is 7.92. The molecule has 2 N–H and O–H groups in total. The van der Waals surface area contributed by atoms with Gasteiger partial charge in [0.1, 0.15) is 0 Å². The number of hydrogen-bond donors (Lipinski definition) is 2. The first kappa shape index (κ1) is 20.9. The molecule has 0 bridgehead atoms. The van der Waals surface area contributed by atoms with Gasteiger partial charge in [-0.05, 0) is 31.2 Å². The van der Waals surface area contributed by atoms with Crippen LogP contribution < -0.4 is 10.0 Å². The number of nitrogens with zero attached hydrogens (tertiary/aromatic N) is 1. The number of anilines is 2. The summed E-state index contributed by atoms with van der Waals surface area (Å²) in [6.07, 6.45) is 1.14. The lowest BCUT2D eigenvalue weighted by atomic mass is 10.2. The fourth-order valence-corrected chi connectivity index (χ4v) is 2.91. The minimum atomic E-state index is -3.49. The zero-order chi connectivity index (χ0) is 20.2. The maximum absolute atomic E-state index is 12.2. The summed E-state index contributed by atoms with van der Waals surface area (Å²) in [4.78, 5) is 28.2. The second kappa shape index (κ2) is 8.55. The lowest BCUT2D eigenvalue weighted by Crippen LogP contribution is -2.30. The van der Waals surface area contributed by atoms with Gasteiger partial charge in [-0.25, -0.2) is 18.2 Å². The van der Waals surface area contributed by atoms with E-state index in [4.69, 9.17) is 27.9 Å². The van der Waals surface area contributed by atoms with Crippen LogP contribution in [0.1, 0.15) is 17.3 Å². The first-order chi connectivity index (χ1) is 12.5. The monoisotopic (exact) mass is 431 g/mol. The molecule has 0 unspecified atom stereocenters. The van der Waals surface area contributed by atoms with Gasteiger partial charge in [0.25, 0.3) is 5.91 Å². The van der Waals surface area contributed by atoms with E-state index in [0.717, 1.165) is 6.26 Å². The van der Waals surface area contributed by atoms with Gasteiger partial charge in [-0.3, -0.25) is 9.52 Å². The zero-order valence-corrected chi connectivity index (χ0v) is 16.5. The lowest BCUT2D eigenvalue weighted by Gasteiger charge is -2.14. The number of esters is 1. The van der Waals surface area contributed by atoms with E-state index in [2.05, 4.69) is 15.0 Å². The summed E-state index contributed by atoms with van der Waals surface area (Å²) in [5, 5.41) is 2.87. The van der Waals surface area contributed by atoms with Crippen LogP contribution in [0, 0.1) is 0 Å². The third kappa shape index (κ3) is 6.38. The normalized spacial score (nSPS) is 12.1. The number of benzene rings is 1. The first-order valence-electron chi connectivity index (χ1n) is 7.46. The molecule has 1 heterocycles. The summed E-state index contributed by atoms with van der Waals surface area (Å²) in [6, 6.07) is 7.08. The van der Waals surface area contributed by atoms with Crippen LogP contribution in [-0.4, -0.2) is 37.6 Å². The van der Waals surface area contributed by atoms with E-state index in [0.29, 0.717) is 5.02 Å². The average molecular weight is 432 g/mol. The lowest BCUT2D eigenvalue weighted by molar-refractivity contribution is -0.123. The maximum atomic E-state index is 12.2. The smallest absolute Gasteiger partial charge is 0.338 e. The van der Waals surface area contributed by atoms with Crippen LogP contribution >= 0.6 is 23.2 Å². The van der Waals surface area contributed by atoms with E-state index in [1.807, 2.05) is 0 Å². The summed E-state index contributed by atoms with van der Waals surface area (Å²) < 4.78 is 29.9. The standard InChI is InChI=1S/C16H15Cl2N3O5S/c1-9(15(22)20-14-13(18)7-11(17)8-19-14)26-16(23)10-4-3-5-12(6-10)21-27(2,24)25/h3-9,21H,1-2H3,(H,19,20,22)/t9-/m1/s1. The van der Waals surface area contributed by atoms with Crippen LogP contribution in [-0.2, 0) is 19.6 Å². The summed E-state index contributed by atoms with van der Waals surface area (Å²) in [7, 11) is -3.49. The van der Waals surface area contributed by atoms with E-state index in [9.17, 15) is 18.0 Å². The Morgan fingerprint density at radius 2 is 1.93 bits per heavy atom. The number of rotatable bonds is 6. The minimum Gasteiger partial charge on any atom is -0.449 e. The number of hydrogen-bond acceptors (Lipinski definition) is 6. The molecule has 0 fully saturated rings. The molecule has 27 heavy (non-hydrogen) atoms. The van der Waals surface area contributed by atoms with E-state index in [1.54, 1.807) is 0 Å². The molecule has 11 heteroatoms. The molecule has 1 atom stereocenters. The van der Waals surface area contributed by atoms with E-state index < -0.39 is 28.0 Å². The largest absolute Gasteiger partial charge is 0.449 e. The number of amides is 1. The maximum Gasteiger partial charge on any atom is 0.338 e. The molecule has 2 aromatic rings. The first-order valence-corrected chi connectivity index (χ1v) is 10.1. The topological polar surface area (TPSA) is 114 Å². The molecule has 1 aromatic carbocycles. The summed E-state index contributed by atoms with van der Waals surface area (Å²) in [5.41, 5.74) is 0.271. The Kier molecular flexibility index (Phi) is 6.63. The van der Waals surface area contributed by atoms with Crippen molar-refractivity contribution < 1.29 is 22.7 Å². The predicted molar refractivity (Wildman–Crippen MR) is 103 cm³/mol. The number of nitrogens with one attached hydrogen (secondary N) is 2. The third-order valence-corrected chi connectivity index (χ3v) is 4.21. The molecule has 0 aliphatic rings. The molecule has 0 aliphatic carbocycles. The SMILES string of the molecule is C[C@@H](OC(=O)c1cccc(NS(C)(=O)=O)c1)C(=O)Nc1ncc(Cl)cc1Cl. The van der Waals surface area contributed by atoms with Gasteiger partial charge in [-0.1, -0.05) is 29.3 Å². The summed E-state index contributed by atoms with van der Waals surface area (Å²) in [6.45, 7) is 1.37. The Hall–Kier alpha value is -2.36. The molecular weight excluding hydrogens is 417 g/mol. The van der Waals surface area contributed by atoms with Crippen molar-refractivity contribution in [3.05, 3.63) is 52.1 Å². The van der Waals surface area contributed by atoms with Crippen molar-refractivity contribution in [2.24, 2.45) is 0 Å². The van der Waals surface area contributed by atoms with Gasteiger partial charge in [-0.2, -0.15) is 0 Å². The predicted octanol–water partition coefficient (Wildman–Crippen LogP) is 2.94. The Morgan fingerprint density at radius 1 is 1.22 bits per heavy atom. The van der Waals surface area contributed by atoms with Crippen LogP contribution in [0.25, 0.3) is 0 Å². The molecular formula is C16H15Cl2N3O5S. The number of carbonyl (C=O) groups is 2. The highest BCUT2D eigenvalue weighted by Gasteiger charge is 2.20. The van der Waals surface area contributed by atoms with Gasteiger partial charge < -0.3 is 10.1 Å². The molecule has 0 saturated heterocycles. The molecule has 2 rings (SSSR count). The summed E-state index contributed by atoms with van der Waals surface area (Å²) in [5.74, 6) is -1.37.